The Labute approximate surface area is 164 Å². The Bertz CT molecular complexity index is 1050. The van der Waals surface area contributed by atoms with Crippen molar-refractivity contribution in [3.8, 4) is 17.4 Å². The van der Waals surface area contributed by atoms with E-state index in [-0.39, 0.29) is 24.9 Å². The van der Waals surface area contributed by atoms with Crippen molar-refractivity contribution in [2.45, 2.75) is 25.9 Å². The molecule has 0 bridgehead atoms. The van der Waals surface area contributed by atoms with Crippen molar-refractivity contribution in [3.05, 3.63) is 57.8 Å². The van der Waals surface area contributed by atoms with Crippen molar-refractivity contribution in [1.82, 2.24) is 5.16 Å². The van der Waals surface area contributed by atoms with Crippen LogP contribution in [0.25, 0.3) is 11.3 Å². The van der Waals surface area contributed by atoms with Crippen molar-refractivity contribution >= 4 is 22.2 Å². The number of carbonyl (C=O) groups excluding carboxylic acids is 1. The Morgan fingerprint density at radius 2 is 2.18 bits per heavy atom. The molecule has 1 aliphatic rings. The van der Waals surface area contributed by atoms with Crippen LogP contribution in [0.2, 0.25) is 0 Å². The van der Waals surface area contributed by atoms with E-state index in [0.29, 0.717) is 27.6 Å². The maximum Gasteiger partial charge on any atom is 0.251 e. The van der Waals surface area contributed by atoms with Crippen LogP contribution < -0.4 is 5.32 Å². The molecule has 0 fully saturated rings. The summed E-state index contributed by atoms with van der Waals surface area (Å²) in [6.07, 6.45) is 2.91. The second-order valence-corrected chi connectivity index (χ2v) is 7.51. The molecule has 1 amide bonds. The van der Waals surface area contributed by atoms with E-state index < -0.39 is 0 Å². The Kier molecular flexibility index (Phi) is 5.19. The number of thiophene rings is 1. The molecule has 1 aliphatic carbocycles. The van der Waals surface area contributed by atoms with Gasteiger partial charge in [0.05, 0.1) is 12.2 Å². The van der Waals surface area contributed by atoms with Crippen LogP contribution in [0, 0.1) is 17.1 Å². The van der Waals surface area contributed by atoms with E-state index in [1.165, 1.54) is 28.3 Å². The minimum atomic E-state index is -0.326. The van der Waals surface area contributed by atoms with E-state index in [0.717, 1.165) is 24.8 Å². The van der Waals surface area contributed by atoms with Gasteiger partial charge in [0.25, 0.3) is 5.91 Å². The van der Waals surface area contributed by atoms with Crippen LogP contribution in [0.4, 0.5) is 9.39 Å². The van der Waals surface area contributed by atoms with Gasteiger partial charge in [-0.25, -0.2) is 4.39 Å². The van der Waals surface area contributed by atoms with Crippen molar-refractivity contribution in [3.63, 3.8) is 0 Å². The highest BCUT2D eigenvalue weighted by molar-refractivity contribution is 7.16. The number of hydrogen-bond donors (Lipinski definition) is 1. The molecule has 8 heteroatoms. The fourth-order valence-electron chi connectivity index (χ4n) is 3.15. The van der Waals surface area contributed by atoms with Gasteiger partial charge in [-0.2, -0.15) is 5.26 Å². The molecule has 142 valence electrons. The standard InChI is InChI=1S/C20H16FN3O3S/c21-13-6-4-12(5-7-13)17-8-14(24-27-17)10-26-11-19(25)23-20-16(9-22)15-2-1-3-18(15)28-20/h4-8H,1-3,10-11H2,(H,23,25). The Morgan fingerprint density at radius 3 is 2.96 bits per heavy atom. The third-order valence-electron chi connectivity index (χ3n) is 4.46. The van der Waals surface area contributed by atoms with Gasteiger partial charge in [-0.1, -0.05) is 5.16 Å². The zero-order valence-corrected chi connectivity index (χ0v) is 15.6. The van der Waals surface area contributed by atoms with Gasteiger partial charge in [-0.15, -0.1) is 11.3 Å². The number of carbonyl (C=O) groups is 1. The third-order valence-corrected chi connectivity index (χ3v) is 5.66. The number of hydrogen-bond acceptors (Lipinski definition) is 6. The van der Waals surface area contributed by atoms with E-state index >= 15 is 0 Å². The molecule has 6 nitrogen and oxygen atoms in total. The van der Waals surface area contributed by atoms with Gasteiger partial charge in [-0.3, -0.25) is 4.79 Å². The number of aryl methyl sites for hydroxylation is 1. The summed E-state index contributed by atoms with van der Waals surface area (Å²) in [5, 5.41) is 16.6. The smallest absolute Gasteiger partial charge is 0.251 e. The summed E-state index contributed by atoms with van der Waals surface area (Å²) in [7, 11) is 0. The summed E-state index contributed by atoms with van der Waals surface area (Å²) in [6, 6.07) is 9.75. The number of rotatable bonds is 6. The molecule has 0 atom stereocenters. The first-order valence-electron chi connectivity index (χ1n) is 8.78. The molecular formula is C20H16FN3O3S. The van der Waals surface area contributed by atoms with Crippen LogP contribution in [-0.4, -0.2) is 17.7 Å². The first-order valence-corrected chi connectivity index (χ1v) is 9.59. The maximum atomic E-state index is 13.0. The minimum absolute atomic E-state index is 0.101. The first-order chi connectivity index (χ1) is 13.6. The minimum Gasteiger partial charge on any atom is -0.365 e. The fraction of sp³-hybridized carbons (Fsp3) is 0.250. The van der Waals surface area contributed by atoms with E-state index in [2.05, 4.69) is 16.5 Å². The quantitative estimate of drug-likeness (QED) is 0.678. The summed E-state index contributed by atoms with van der Waals surface area (Å²) in [6.45, 7) is -0.0592. The number of benzene rings is 1. The number of aromatic nitrogens is 1. The second-order valence-electron chi connectivity index (χ2n) is 6.40. The van der Waals surface area contributed by atoms with Gasteiger partial charge in [0.15, 0.2) is 5.76 Å². The van der Waals surface area contributed by atoms with Gasteiger partial charge in [0.2, 0.25) is 0 Å². The molecule has 28 heavy (non-hydrogen) atoms. The lowest BCUT2D eigenvalue weighted by molar-refractivity contribution is -0.121. The molecule has 2 heterocycles. The molecular weight excluding hydrogens is 381 g/mol. The highest BCUT2D eigenvalue weighted by Crippen LogP contribution is 2.38. The van der Waals surface area contributed by atoms with Crippen LogP contribution in [0.5, 0.6) is 0 Å². The average Bonchev–Trinajstić information content (AvgIpc) is 3.38. The monoisotopic (exact) mass is 397 g/mol. The maximum absolute atomic E-state index is 13.0. The fourth-order valence-corrected chi connectivity index (χ4v) is 4.41. The van der Waals surface area contributed by atoms with Gasteiger partial charge >= 0.3 is 0 Å². The van der Waals surface area contributed by atoms with E-state index in [1.807, 2.05) is 0 Å². The van der Waals surface area contributed by atoms with E-state index in [1.54, 1.807) is 18.2 Å². The number of anilines is 1. The van der Waals surface area contributed by atoms with Gasteiger partial charge < -0.3 is 14.6 Å². The number of nitrogens with zero attached hydrogens (tertiary/aromatic N) is 2. The molecule has 0 spiro atoms. The first kappa shape index (κ1) is 18.3. The molecule has 2 aromatic heterocycles. The largest absolute Gasteiger partial charge is 0.365 e. The lowest BCUT2D eigenvalue weighted by Gasteiger charge is -2.04. The number of ether oxygens (including phenoxy) is 1. The van der Waals surface area contributed by atoms with Gasteiger partial charge in [0.1, 0.15) is 29.2 Å². The predicted molar refractivity (Wildman–Crippen MR) is 101 cm³/mol. The summed E-state index contributed by atoms with van der Waals surface area (Å²) in [5.41, 5.74) is 2.87. The van der Waals surface area contributed by atoms with Gasteiger partial charge in [-0.05, 0) is 49.1 Å². The van der Waals surface area contributed by atoms with E-state index in [4.69, 9.17) is 9.26 Å². The lowest BCUT2D eigenvalue weighted by atomic mass is 10.1. The average molecular weight is 397 g/mol. The molecule has 0 radical (unpaired) electrons. The van der Waals surface area contributed by atoms with Crippen LogP contribution in [-0.2, 0) is 29.0 Å². The molecule has 1 N–H and O–H groups in total. The van der Waals surface area contributed by atoms with Crippen molar-refractivity contribution in [2.24, 2.45) is 0 Å². The molecule has 1 aromatic carbocycles. The Morgan fingerprint density at radius 1 is 1.36 bits per heavy atom. The topological polar surface area (TPSA) is 88.2 Å². The molecule has 0 saturated carbocycles. The van der Waals surface area contributed by atoms with Crippen molar-refractivity contribution in [2.75, 3.05) is 11.9 Å². The highest BCUT2D eigenvalue weighted by Gasteiger charge is 2.23. The van der Waals surface area contributed by atoms with E-state index in [9.17, 15) is 14.4 Å². The number of fused-ring (bicyclic) bond motifs is 1. The molecule has 0 aliphatic heterocycles. The van der Waals surface area contributed by atoms with Crippen LogP contribution in [0.15, 0.2) is 34.9 Å². The third kappa shape index (κ3) is 3.81. The number of halogens is 1. The summed E-state index contributed by atoms with van der Waals surface area (Å²) >= 11 is 1.47. The number of amides is 1. The zero-order valence-electron chi connectivity index (χ0n) is 14.8. The molecule has 4 rings (SSSR count). The molecule has 0 unspecified atom stereocenters. The summed E-state index contributed by atoms with van der Waals surface area (Å²) in [5.74, 6) is -0.151. The second kappa shape index (κ2) is 7.92. The summed E-state index contributed by atoms with van der Waals surface area (Å²) in [4.78, 5) is 13.3. The normalized spacial score (nSPS) is 12.6. The van der Waals surface area contributed by atoms with Crippen LogP contribution in [0.3, 0.4) is 0 Å². The zero-order chi connectivity index (χ0) is 19.5. The Balaban J connectivity index is 1.31. The lowest BCUT2D eigenvalue weighted by Crippen LogP contribution is -2.18. The predicted octanol–water partition coefficient (Wildman–Crippen LogP) is 4.06. The summed E-state index contributed by atoms with van der Waals surface area (Å²) < 4.78 is 23.6. The SMILES string of the molecule is N#Cc1c(NC(=O)COCc2cc(-c3ccc(F)cc3)on2)sc2c1CCC2. The molecule has 0 saturated heterocycles. The highest BCUT2D eigenvalue weighted by atomic mass is 32.1. The number of nitrogens with one attached hydrogen (secondary N) is 1. The van der Waals surface area contributed by atoms with Gasteiger partial charge in [0, 0.05) is 16.5 Å². The van der Waals surface area contributed by atoms with Crippen LogP contribution >= 0.6 is 11.3 Å². The molecule has 3 aromatic rings. The Hall–Kier alpha value is -3.02. The van der Waals surface area contributed by atoms with Crippen LogP contribution in [0.1, 0.15) is 28.1 Å². The van der Waals surface area contributed by atoms with Crippen molar-refractivity contribution < 1.29 is 18.4 Å². The van der Waals surface area contributed by atoms with Crippen molar-refractivity contribution in [1.29, 1.82) is 5.26 Å². The number of nitriles is 1.